The first-order chi connectivity index (χ1) is 18.1. The lowest BCUT2D eigenvalue weighted by atomic mass is 10.0. The molecule has 6 heteroatoms. The average Bonchev–Trinajstić information content (AvgIpc) is 2.92. The first-order valence-corrected chi connectivity index (χ1v) is 14.1. The molecular formula is C31H43FO5. The predicted octanol–water partition coefficient (Wildman–Crippen LogP) is 8.42. The number of hydrogen-bond acceptors (Lipinski definition) is 5. The Labute approximate surface area is 221 Å². The second-order valence-corrected chi connectivity index (χ2v) is 9.93. The topological polar surface area (TPSA) is 54.0 Å². The van der Waals surface area contributed by atoms with Gasteiger partial charge >= 0.3 is 5.97 Å². The number of carbonyl (C=O) groups is 1. The number of hydrogen-bond donors (Lipinski definition) is 0. The number of carbonyl (C=O) groups excluding carboxylic acids is 1. The molecule has 0 radical (unpaired) electrons. The van der Waals surface area contributed by atoms with E-state index in [1.807, 2.05) is 0 Å². The van der Waals surface area contributed by atoms with Gasteiger partial charge < -0.3 is 18.9 Å². The van der Waals surface area contributed by atoms with E-state index in [1.54, 1.807) is 30.3 Å². The predicted molar refractivity (Wildman–Crippen MR) is 144 cm³/mol. The van der Waals surface area contributed by atoms with Crippen LogP contribution >= 0.6 is 0 Å². The molecule has 204 valence electrons. The highest BCUT2D eigenvalue weighted by Gasteiger charge is 2.26. The van der Waals surface area contributed by atoms with Crippen molar-refractivity contribution in [3.05, 3.63) is 59.4 Å². The minimum Gasteiger partial charge on any atom is -0.494 e. The van der Waals surface area contributed by atoms with Gasteiger partial charge in [0.2, 0.25) is 0 Å². The van der Waals surface area contributed by atoms with Gasteiger partial charge in [-0.05, 0) is 49.2 Å². The third kappa shape index (κ3) is 10.1. The van der Waals surface area contributed by atoms with Crippen LogP contribution in [-0.2, 0) is 9.47 Å². The van der Waals surface area contributed by atoms with Crippen LogP contribution in [0.15, 0.2) is 42.5 Å². The Balaban J connectivity index is 1.42. The van der Waals surface area contributed by atoms with Gasteiger partial charge in [-0.1, -0.05) is 77.7 Å². The number of benzene rings is 2. The summed E-state index contributed by atoms with van der Waals surface area (Å²) in [6, 6.07) is 11.2. The van der Waals surface area contributed by atoms with Crippen molar-refractivity contribution in [3.8, 4) is 11.5 Å². The summed E-state index contributed by atoms with van der Waals surface area (Å²) in [7, 11) is 0. The summed E-state index contributed by atoms with van der Waals surface area (Å²) in [6.07, 6.45) is 12.4. The lowest BCUT2D eigenvalue weighted by molar-refractivity contribution is -0.207. The SMILES string of the molecule is CCCCCCCCOc1ccc(OC(=O)c2ccc(C3OCC(CCCCCC)CO3)c(F)c2)cc1. The first-order valence-electron chi connectivity index (χ1n) is 14.1. The Bertz CT molecular complexity index is 922. The van der Waals surface area contributed by atoms with Gasteiger partial charge in [0, 0.05) is 11.5 Å². The third-order valence-electron chi connectivity index (χ3n) is 6.72. The summed E-state index contributed by atoms with van der Waals surface area (Å²) < 4.78 is 37.6. The third-order valence-corrected chi connectivity index (χ3v) is 6.72. The Morgan fingerprint density at radius 2 is 1.46 bits per heavy atom. The van der Waals surface area contributed by atoms with Gasteiger partial charge in [0.25, 0.3) is 0 Å². The van der Waals surface area contributed by atoms with Gasteiger partial charge in [-0.3, -0.25) is 0 Å². The van der Waals surface area contributed by atoms with Gasteiger partial charge in [-0.25, -0.2) is 9.18 Å². The van der Waals surface area contributed by atoms with Crippen LogP contribution in [0.4, 0.5) is 4.39 Å². The maximum Gasteiger partial charge on any atom is 0.343 e. The molecule has 0 amide bonds. The number of ether oxygens (including phenoxy) is 4. The molecule has 0 spiro atoms. The zero-order valence-corrected chi connectivity index (χ0v) is 22.5. The molecule has 0 N–H and O–H groups in total. The van der Waals surface area contributed by atoms with Crippen LogP contribution < -0.4 is 9.47 Å². The van der Waals surface area contributed by atoms with Crippen LogP contribution in [0.1, 0.15) is 107 Å². The molecule has 5 nitrogen and oxygen atoms in total. The van der Waals surface area contributed by atoms with Gasteiger partial charge in [-0.15, -0.1) is 0 Å². The summed E-state index contributed by atoms with van der Waals surface area (Å²) in [6.45, 7) is 6.19. The van der Waals surface area contributed by atoms with Crippen molar-refractivity contribution < 1.29 is 28.1 Å². The molecule has 1 heterocycles. The molecule has 0 aromatic heterocycles. The number of halogens is 1. The van der Waals surface area contributed by atoms with E-state index < -0.39 is 18.1 Å². The molecule has 0 saturated carbocycles. The van der Waals surface area contributed by atoms with Crippen LogP contribution in [0.2, 0.25) is 0 Å². The standard InChI is InChI=1S/C31H43FO5/c1-3-5-7-9-10-12-20-34-26-15-17-27(18-16-26)37-30(33)25-14-19-28(29(32)21-25)31-35-22-24(23-36-31)13-11-8-6-4-2/h14-19,21,24,31H,3-13,20,22-23H2,1-2H3. The van der Waals surface area contributed by atoms with Crippen molar-refractivity contribution in [2.75, 3.05) is 19.8 Å². The molecule has 0 atom stereocenters. The van der Waals surface area contributed by atoms with Gasteiger partial charge in [0.1, 0.15) is 17.3 Å². The number of rotatable bonds is 16. The summed E-state index contributed by atoms with van der Waals surface area (Å²) in [4.78, 5) is 12.6. The van der Waals surface area contributed by atoms with Gasteiger partial charge in [0.05, 0.1) is 25.4 Å². The first kappa shape index (κ1) is 29.1. The molecule has 37 heavy (non-hydrogen) atoms. The molecule has 2 aromatic rings. The highest BCUT2D eigenvalue weighted by Crippen LogP contribution is 2.30. The van der Waals surface area contributed by atoms with E-state index in [1.165, 1.54) is 63.5 Å². The van der Waals surface area contributed by atoms with Gasteiger partial charge in [-0.2, -0.15) is 0 Å². The lowest BCUT2D eigenvalue weighted by Crippen LogP contribution is -2.27. The molecule has 1 aliphatic rings. The Morgan fingerprint density at radius 1 is 0.838 bits per heavy atom. The molecule has 3 rings (SSSR count). The molecular weight excluding hydrogens is 471 g/mol. The zero-order chi connectivity index (χ0) is 26.3. The Hall–Kier alpha value is -2.44. The van der Waals surface area contributed by atoms with E-state index in [9.17, 15) is 9.18 Å². The summed E-state index contributed by atoms with van der Waals surface area (Å²) >= 11 is 0. The minimum atomic E-state index is -0.749. The fourth-order valence-electron chi connectivity index (χ4n) is 4.44. The van der Waals surface area contributed by atoms with Crippen molar-refractivity contribution in [1.29, 1.82) is 0 Å². The fourth-order valence-corrected chi connectivity index (χ4v) is 4.44. The molecule has 1 fully saturated rings. The summed E-state index contributed by atoms with van der Waals surface area (Å²) in [5.41, 5.74) is 0.433. The second kappa shape index (κ2) is 16.4. The molecule has 0 aliphatic carbocycles. The fraction of sp³-hybridized carbons (Fsp3) is 0.581. The number of unbranched alkanes of at least 4 members (excludes halogenated alkanes) is 8. The van der Waals surface area contributed by atoms with Crippen molar-refractivity contribution in [2.24, 2.45) is 5.92 Å². The second-order valence-electron chi connectivity index (χ2n) is 9.93. The Kier molecular flexibility index (Phi) is 12.9. The molecule has 1 aliphatic heterocycles. The van der Waals surface area contributed by atoms with Crippen LogP contribution in [0.25, 0.3) is 0 Å². The molecule has 2 aromatic carbocycles. The summed E-state index contributed by atoms with van der Waals surface area (Å²) in [5, 5.41) is 0. The smallest absolute Gasteiger partial charge is 0.343 e. The average molecular weight is 515 g/mol. The zero-order valence-electron chi connectivity index (χ0n) is 22.5. The van der Waals surface area contributed by atoms with Crippen LogP contribution in [0.3, 0.4) is 0 Å². The maximum atomic E-state index is 14.8. The van der Waals surface area contributed by atoms with Crippen LogP contribution in [0.5, 0.6) is 11.5 Å². The van der Waals surface area contributed by atoms with Crippen molar-refractivity contribution in [3.63, 3.8) is 0 Å². The highest BCUT2D eigenvalue weighted by atomic mass is 19.1. The van der Waals surface area contributed by atoms with Crippen molar-refractivity contribution >= 4 is 5.97 Å². The highest BCUT2D eigenvalue weighted by molar-refractivity contribution is 5.91. The van der Waals surface area contributed by atoms with E-state index in [-0.39, 0.29) is 5.56 Å². The monoisotopic (exact) mass is 514 g/mol. The normalized spacial score (nSPS) is 17.5. The van der Waals surface area contributed by atoms with Crippen LogP contribution in [0, 0.1) is 11.7 Å². The van der Waals surface area contributed by atoms with Crippen LogP contribution in [-0.4, -0.2) is 25.8 Å². The van der Waals surface area contributed by atoms with E-state index in [0.717, 1.165) is 25.0 Å². The maximum absolute atomic E-state index is 14.8. The summed E-state index contributed by atoms with van der Waals surface area (Å²) in [5.74, 6) is 0.297. The Morgan fingerprint density at radius 3 is 2.14 bits per heavy atom. The van der Waals surface area contributed by atoms with E-state index >= 15 is 0 Å². The quantitative estimate of drug-likeness (QED) is 0.128. The molecule has 1 saturated heterocycles. The lowest BCUT2D eigenvalue weighted by Gasteiger charge is -2.30. The largest absolute Gasteiger partial charge is 0.494 e. The molecule has 0 bridgehead atoms. The van der Waals surface area contributed by atoms with Crippen molar-refractivity contribution in [2.45, 2.75) is 90.8 Å². The van der Waals surface area contributed by atoms with Gasteiger partial charge in [0.15, 0.2) is 6.29 Å². The number of esters is 1. The van der Waals surface area contributed by atoms with E-state index in [2.05, 4.69) is 13.8 Å². The van der Waals surface area contributed by atoms with E-state index in [0.29, 0.717) is 37.1 Å². The molecule has 0 unspecified atom stereocenters. The minimum absolute atomic E-state index is 0.134. The van der Waals surface area contributed by atoms with Crippen molar-refractivity contribution in [1.82, 2.24) is 0 Å². The van der Waals surface area contributed by atoms with E-state index in [4.69, 9.17) is 18.9 Å².